The van der Waals surface area contributed by atoms with E-state index in [-0.39, 0.29) is 25.0 Å². The Labute approximate surface area is 180 Å². The average Bonchev–Trinajstić information content (AvgIpc) is 3.02. The molecular weight excluding hydrogens is 413 g/mol. The minimum atomic E-state index is -4.34. The lowest BCUT2D eigenvalue weighted by Gasteiger charge is -2.10. The third kappa shape index (κ3) is 11.2. The standard InChI is InChI=1S/C21H29F3N4O3/c1-5-17(13-31-14-21(22,23)24)9-7-6-8-10-18-11-19(27-28(18)4)26-20(30)15(2)12-25-16(3)29/h5,7-11,15H,6,12-14H2,1-4H3,(H,25,29)(H,26,27,30)/b9-7-,10-8+,17-5+/t15-/m0/s1. The molecule has 0 aliphatic heterocycles. The van der Waals surface area contributed by atoms with Crippen LogP contribution < -0.4 is 10.6 Å². The number of alkyl halides is 3. The number of nitrogens with one attached hydrogen (secondary N) is 2. The van der Waals surface area contributed by atoms with Crippen LogP contribution in [0.3, 0.4) is 0 Å². The van der Waals surface area contributed by atoms with Crippen molar-refractivity contribution < 1.29 is 27.5 Å². The van der Waals surface area contributed by atoms with Crippen molar-refractivity contribution in [2.45, 2.75) is 33.4 Å². The maximum Gasteiger partial charge on any atom is 0.411 e. The van der Waals surface area contributed by atoms with Gasteiger partial charge in [-0.3, -0.25) is 14.3 Å². The smallest absolute Gasteiger partial charge is 0.367 e. The van der Waals surface area contributed by atoms with Crippen molar-refractivity contribution in [1.82, 2.24) is 15.1 Å². The molecule has 1 atom stereocenters. The lowest BCUT2D eigenvalue weighted by atomic mass is 10.1. The number of rotatable bonds is 11. The van der Waals surface area contributed by atoms with Crippen LogP contribution >= 0.6 is 0 Å². The third-order valence-electron chi connectivity index (χ3n) is 4.07. The molecule has 0 aliphatic rings. The number of aromatic nitrogens is 2. The van der Waals surface area contributed by atoms with Gasteiger partial charge in [-0.05, 0) is 25.0 Å². The number of amides is 2. The fraction of sp³-hybridized carbons (Fsp3) is 0.476. The van der Waals surface area contributed by atoms with Gasteiger partial charge >= 0.3 is 6.18 Å². The number of halogens is 3. The van der Waals surface area contributed by atoms with Crippen molar-refractivity contribution in [3.8, 4) is 0 Å². The molecule has 0 aliphatic carbocycles. The zero-order chi connectivity index (χ0) is 23.4. The van der Waals surface area contributed by atoms with Crippen LogP contribution in [0.25, 0.3) is 6.08 Å². The molecule has 2 amide bonds. The molecule has 1 rings (SSSR count). The molecule has 0 saturated heterocycles. The van der Waals surface area contributed by atoms with Gasteiger partial charge in [0.25, 0.3) is 0 Å². The first kappa shape index (κ1) is 26.2. The summed E-state index contributed by atoms with van der Waals surface area (Å²) in [5.41, 5.74) is 1.41. The Morgan fingerprint density at radius 2 is 2.03 bits per heavy atom. The number of hydrogen-bond donors (Lipinski definition) is 2. The Bertz CT molecular complexity index is 826. The Hall–Kier alpha value is -2.88. The van der Waals surface area contributed by atoms with E-state index in [9.17, 15) is 22.8 Å². The number of carbonyl (C=O) groups is 2. The van der Waals surface area contributed by atoms with Gasteiger partial charge in [-0.15, -0.1) is 0 Å². The summed E-state index contributed by atoms with van der Waals surface area (Å²) in [6.45, 7) is 3.68. The van der Waals surface area contributed by atoms with Crippen LogP contribution in [0, 0.1) is 5.92 Å². The van der Waals surface area contributed by atoms with Gasteiger partial charge in [-0.25, -0.2) is 0 Å². The number of hydrogen-bond acceptors (Lipinski definition) is 4. The lowest BCUT2D eigenvalue weighted by Crippen LogP contribution is -2.32. The van der Waals surface area contributed by atoms with Crippen molar-refractivity contribution in [2.24, 2.45) is 13.0 Å². The molecule has 1 heterocycles. The fourth-order valence-corrected chi connectivity index (χ4v) is 2.34. The van der Waals surface area contributed by atoms with E-state index in [2.05, 4.69) is 20.5 Å². The first-order valence-corrected chi connectivity index (χ1v) is 9.74. The molecule has 0 spiro atoms. The van der Waals surface area contributed by atoms with E-state index in [1.54, 1.807) is 43.8 Å². The average molecular weight is 442 g/mol. The summed E-state index contributed by atoms with van der Waals surface area (Å²) < 4.78 is 42.6. The monoisotopic (exact) mass is 442 g/mol. The van der Waals surface area contributed by atoms with E-state index < -0.39 is 18.7 Å². The molecule has 7 nitrogen and oxygen atoms in total. The summed E-state index contributed by atoms with van der Waals surface area (Å²) in [4.78, 5) is 23.1. The Morgan fingerprint density at radius 1 is 1.32 bits per heavy atom. The molecular formula is C21H29F3N4O3. The summed E-state index contributed by atoms with van der Waals surface area (Å²) >= 11 is 0. The SMILES string of the molecule is C/C=C(\C=C/C/C=C/c1cc(NC(=O)[C@@H](C)CNC(C)=O)nn1C)COCC(F)(F)F. The van der Waals surface area contributed by atoms with Crippen molar-refractivity contribution in [3.63, 3.8) is 0 Å². The van der Waals surface area contributed by atoms with Gasteiger partial charge in [0.05, 0.1) is 18.2 Å². The van der Waals surface area contributed by atoms with Crippen LogP contribution in [-0.2, 0) is 21.4 Å². The Morgan fingerprint density at radius 3 is 2.65 bits per heavy atom. The summed E-state index contributed by atoms with van der Waals surface area (Å²) in [6.07, 6.45) is 5.12. The largest absolute Gasteiger partial charge is 0.411 e. The fourth-order valence-electron chi connectivity index (χ4n) is 2.34. The molecule has 0 bridgehead atoms. The highest BCUT2D eigenvalue weighted by atomic mass is 19.4. The van der Waals surface area contributed by atoms with E-state index in [0.717, 1.165) is 5.69 Å². The second-order valence-corrected chi connectivity index (χ2v) is 6.92. The number of aryl methyl sites for hydroxylation is 1. The normalized spacial score (nSPS) is 13.7. The molecule has 31 heavy (non-hydrogen) atoms. The Balaban J connectivity index is 2.52. The minimum Gasteiger partial charge on any atom is -0.367 e. The molecule has 0 saturated carbocycles. The van der Waals surface area contributed by atoms with Crippen LogP contribution in [0.5, 0.6) is 0 Å². The summed E-state index contributed by atoms with van der Waals surface area (Å²) in [7, 11) is 1.74. The van der Waals surface area contributed by atoms with Crippen molar-refractivity contribution in [3.05, 3.63) is 41.6 Å². The van der Waals surface area contributed by atoms with E-state index in [0.29, 0.717) is 17.8 Å². The first-order chi connectivity index (χ1) is 14.5. The van der Waals surface area contributed by atoms with E-state index in [1.807, 2.05) is 18.2 Å². The topological polar surface area (TPSA) is 85.3 Å². The summed E-state index contributed by atoms with van der Waals surface area (Å²) in [5.74, 6) is -0.461. The van der Waals surface area contributed by atoms with Crippen LogP contribution in [0.4, 0.5) is 19.0 Å². The third-order valence-corrected chi connectivity index (χ3v) is 4.07. The van der Waals surface area contributed by atoms with Gasteiger partial charge in [0, 0.05) is 26.6 Å². The molecule has 10 heteroatoms. The second-order valence-electron chi connectivity index (χ2n) is 6.92. The van der Waals surface area contributed by atoms with Gasteiger partial charge in [0.2, 0.25) is 11.8 Å². The van der Waals surface area contributed by atoms with Gasteiger partial charge in [0.1, 0.15) is 6.61 Å². The van der Waals surface area contributed by atoms with Gasteiger partial charge in [-0.2, -0.15) is 18.3 Å². The van der Waals surface area contributed by atoms with Crippen molar-refractivity contribution in [2.75, 3.05) is 25.1 Å². The molecule has 0 radical (unpaired) electrons. The van der Waals surface area contributed by atoms with Crippen molar-refractivity contribution >= 4 is 23.7 Å². The molecule has 1 aromatic heterocycles. The van der Waals surface area contributed by atoms with Gasteiger partial charge < -0.3 is 15.4 Å². The van der Waals surface area contributed by atoms with Crippen LogP contribution in [-0.4, -0.2) is 47.5 Å². The van der Waals surface area contributed by atoms with E-state index >= 15 is 0 Å². The van der Waals surface area contributed by atoms with Crippen LogP contribution in [0.2, 0.25) is 0 Å². The summed E-state index contributed by atoms with van der Waals surface area (Å²) in [6, 6.07) is 1.71. The first-order valence-electron chi connectivity index (χ1n) is 9.74. The molecule has 2 N–H and O–H groups in total. The number of ether oxygens (including phenoxy) is 1. The highest BCUT2D eigenvalue weighted by Gasteiger charge is 2.27. The maximum atomic E-state index is 12.2. The number of allylic oxidation sites excluding steroid dienone is 3. The maximum absolute atomic E-state index is 12.2. The predicted molar refractivity (Wildman–Crippen MR) is 113 cm³/mol. The highest BCUT2D eigenvalue weighted by molar-refractivity contribution is 5.92. The minimum absolute atomic E-state index is 0.110. The van der Waals surface area contributed by atoms with Gasteiger partial charge in [-0.1, -0.05) is 31.2 Å². The lowest BCUT2D eigenvalue weighted by molar-refractivity contribution is -0.171. The van der Waals surface area contributed by atoms with Crippen molar-refractivity contribution in [1.29, 1.82) is 0 Å². The van der Waals surface area contributed by atoms with Crippen LogP contribution in [0.1, 0.15) is 32.9 Å². The molecule has 1 aromatic rings. The Kier molecular flexibility index (Phi) is 10.7. The molecule has 0 unspecified atom stereocenters. The summed E-state index contributed by atoms with van der Waals surface area (Å²) in [5, 5.41) is 9.54. The number of anilines is 1. The number of nitrogens with zero attached hydrogens (tertiary/aromatic N) is 2. The van der Waals surface area contributed by atoms with Crippen LogP contribution in [0.15, 0.2) is 35.9 Å². The zero-order valence-electron chi connectivity index (χ0n) is 18.1. The van der Waals surface area contributed by atoms with E-state index in [4.69, 9.17) is 0 Å². The molecule has 172 valence electrons. The zero-order valence-corrected chi connectivity index (χ0v) is 18.1. The van der Waals surface area contributed by atoms with E-state index in [1.165, 1.54) is 6.92 Å². The second kappa shape index (κ2) is 12.7. The quantitative estimate of drug-likeness (QED) is 0.513. The molecule has 0 fully saturated rings. The predicted octanol–water partition coefficient (Wildman–Crippen LogP) is 3.62. The number of carbonyl (C=O) groups excluding carboxylic acids is 2. The van der Waals surface area contributed by atoms with Gasteiger partial charge in [0.15, 0.2) is 5.82 Å². The highest BCUT2D eigenvalue weighted by Crippen LogP contribution is 2.15. The molecule has 0 aromatic carbocycles.